The molecule has 1 aromatic carbocycles. The Balaban J connectivity index is 1.70. The minimum Gasteiger partial charge on any atom is -0.480 e. The molecule has 1 aromatic heterocycles. The van der Waals surface area contributed by atoms with Gasteiger partial charge >= 0.3 is 5.97 Å². The average molecular weight is 462 g/mol. The molecule has 0 aliphatic heterocycles. The molecular weight excluding hydrogens is 434 g/mol. The molecular formula is C21H27N5O5S. The van der Waals surface area contributed by atoms with E-state index in [2.05, 4.69) is 27.1 Å². The van der Waals surface area contributed by atoms with Crippen LogP contribution >= 0.6 is 0 Å². The number of likely N-dealkylation sites (N-methyl/N-ethyl adjacent to an activating group) is 1. The highest BCUT2D eigenvalue weighted by molar-refractivity contribution is 7.89. The van der Waals surface area contributed by atoms with Crippen LogP contribution in [-0.4, -0.2) is 66.4 Å². The molecule has 0 saturated heterocycles. The second-order valence-corrected chi connectivity index (χ2v) is 9.83. The topological polar surface area (TPSA) is 133 Å². The molecule has 32 heavy (non-hydrogen) atoms. The first-order chi connectivity index (χ1) is 15.2. The van der Waals surface area contributed by atoms with Crippen molar-refractivity contribution in [2.45, 2.75) is 31.1 Å². The van der Waals surface area contributed by atoms with Gasteiger partial charge in [-0.05, 0) is 49.4 Å². The van der Waals surface area contributed by atoms with Gasteiger partial charge in [0.05, 0.1) is 4.90 Å². The lowest BCUT2D eigenvalue weighted by Gasteiger charge is -2.23. The average Bonchev–Trinajstić information content (AvgIpc) is 3.57. The van der Waals surface area contributed by atoms with Crippen LogP contribution in [0.15, 0.2) is 41.6 Å². The zero-order chi connectivity index (χ0) is 23.3. The number of anilines is 2. The summed E-state index contributed by atoms with van der Waals surface area (Å²) in [5.74, 6) is -0.297. The monoisotopic (exact) mass is 461 g/mol. The van der Waals surface area contributed by atoms with Gasteiger partial charge in [0, 0.05) is 31.9 Å². The summed E-state index contributed by atoms with van der Waals surface area (Å²) in [5.41, 5.74) is 0.600. The second kappa shape index (κ2) is 10.0. The predicted molar refractivity (Wildman–Crippen MR) is 119 cm³/mol. The van der Waals surface area contributed by atoms with Gasteiger partial charge in [0.2, 0.25) is 10.0 Å². The van der Waals surface area contributed by atoms with Crippen LogP contribution in [0, 0.1) is 5.92 Å². The Morgan fingerprint density at radius 1 is 1.19 bits per heavy atom. The zero-order valence-electron chi connectivity index (χ0n) is 18.1. The van der Waals surface area contributed by atoms with Gasteiger partial charge in [0.15, 0.2) is 0 Å². The third kappa shape index (κ3) is 6.01. The Morgan fingerprint density at radius 2 is 1.88 bits per heavy atom. The lowest BCUT2D eigenvalue weighted by molar-refractivity contribution is -0.137. The number of hydrogen-bond acceptors (Lipinski definition) is 7. The predicted octanol–water partition coefficient (Wildman–Crippen LogP) is 2.06. The zero-order valence-corrected chi connectivity index (χ0v) is 18.9. The molecule has 1 aliphatic rings. The van der Waals surface area contributed by atoms with Crippen molar-refractivity contribution in [1.82, 2.24) is 14.3 Å². The number of benzene rings is 1. The molecule has 10 nitrogen and oxygen atoms in total. The molecule has 2 N–H and O–H groups in total. The Morgan fingerprint density at radius 3 is 2.47 bits per heavy atom. The Hall–Kier alpha value is -3.05. The highest BCUT2D eigenvalue weighted by Gasteiger charge is 2.25. The van der Waals surface area contributed by atoms with Crippen LogP contribution in [0.1, 0.15) is 36.7 Å². The van der Waals surface area contributed by atoms with E-state index in [1.807, 2.05) is 0 Å². The molecule has 0 bridgehead atoms. The van der Waals surface area contributed by atoms with E-state index in [0.29, 0.717) is 17.4 Å². The van der Waals surface area contributed by atoms with Crippen LogP contribution in [-0.2, 0) is 14.8 Å². The summed E-state index contributed by atoms with van der Waals surface area (Å²) in [7, 11) is -2.75. The van der Waals surface area contributed by atoms with Crippen LogP contribution in [0.4, 0.5) is 11.5 Å². The van der Waals surface area contributed by atoms with Gasteiger partial charge in [-0.3, -0.25) is 9.59 Å². The molecule has 0 unspecified atom stereocenters. The quantitative estimate of drug-likeness (QED) is 0.520. The molecule has 3 rings (SSSR count). The van der Waals surface area contributed by atoms with Crippen molar-refractivity contribution in [3.63, 3.8) is 0 Å². The van der Waals surface area contributed by atoms with Gasteiger partial charge in [-0.1, -0.05) is 6.92 Å². The van der Waals surface area contributed by atoms with Crippen LogP contribution < -0.4 is 10.2 Å². The first-order valence-corrected chi connectivity index (χ1v) is 11.8. The van der Waals surface area contributed by atoms with Gasteiger partial charge in [0.25, 0.3) is 5.91 Å². The number of carboxylic acid groups (broad SMARTS) is 1. The Kier molecular flexibility index (Phi) is 7.41. The molecule has 1 amide bonds. The molecule has 1 fully saturated rings. The molecule has 1 saturated carbocycles. The van der Waals surface area contributed by atoms with Gasteiger partial charge in [-0.25, -0.2) is 18.4 Å². The van der Waals surface area contributed by atoms with Gasteiger partial charge in [-0.2, -0.15) is 4.31 Å². The van der Waals surface area contributed by atoms with E-state index in [0.717, 1.165) is 23.8 Å². The minimum absolute atomic E-state index is 0.0705. The first-order valence-electron chi connectivity index (χ1n) is 10.4. The maximum Gasteiger partial charge on any atom is 0.318 e. The fourth-order valence-corrected chi connectivity index (χ4v) is 4.31. The number of aromatic nitrogens is 2. The summed E-state index contributed by atoms with van der Waals surface area (Å²) in [6.45, 7) is 3.21. The van der Waals surface area contributed by atoms with E-state index in [-0.39, 0.29) is 10.6 Å². The molecule has 1 aliphatic carbocycles. The van der Waals surface area contributed by atoms with Crippen molar-refractivity contribution >= 4 is 33.4 Å². The minimum atomic E-state index is -3.94. The SMILES string of the molecule is CCCN(CC1CC1)c1cc(C(=O)Nc2ccc(S(=O)(=O)N(C)CC(=O)O)cc2)ncn1. The third-order valence-corrected chi connectivity index (χ3v) is 6.87. The third-order valence-electron chi connectivity index (χ3n) is 5.06. The van der Waals surface area contributed by atoms with Crippen molar-refractivity contribution in [1.29, 1.82) is 0 Å². The van der Waals surface area contributed by atoms with E-state index in [9.17, 15) is 18.0 Å². The fraction of sp³-hybridized carbons (Fsp3) is 0.429. The van der Waals surface area contributed by atoms with Gasteiger partial charge in [0.1, 0.15) is 24.4 Å². The Bertz CT molecular complexity index is 1070. The lowest BCUT2D eigenvalue weighted by Crippen LogP contribution is -2.32. The van der Waals surface area contributed by atoms with Crippen molar-refractivity contribution in [3.8, 4) is 0 Å². The van der Waals surface area contributed by atoms with E-state index >= 15 is 0 Å². The van der Waals surface area contributed by atoms with Crippen molar-refractivity contribution < 1.29 is 23.1 Å². The summed E-state index contributed by atoms with van der Waals surface area (Å²) in [6.07, 6.45) is 4.77. The summed E-state index contributed by atoms with van der Waals surface area (Å²) < 4.78 is 25.6. The number of amides is 1. The molecule has 1 heterocycles. The fourth-order valence-electron chi connectivity index (χ4n) is 3.19. The lowest BCUT2D eigenvalue weighted by atomic mass is 10.2. The highest BCUT2D eigenvalue weighted by Crippen LogP contribution is 2.31. The molecule has 0 atom stereocenters. The number of carbonyl (C=O) groups excluding carboxylic acids is 1. The van der Waals surface area contributed by atoms with E-state index in [1.165, 1.54) is 50.5 Å². The van der Waals surface area contributed by atoms with Crippen molar-refractivity contribution in [3.05, 3.63) is 42.4 Å². The van der Waals surface area contributed by atoms with E-state index in [1.54, 1.807) is 6.07 Å². The standard InChI is InChI=1S/C21H27N5O5S/c1-3-10-26(12-15-4-5-15)19-11-18(22-14-23-19)21(29)24-16-6-8-17(9-7-16)32(30,31)25(2)13-20(27)28/h6-9,11,14-15H,3-5,10,12-13H2,1-2H3,(H,24,29)(H,27,28). The molecule has 2 aromatic rings. The van der Waals surface area contributed by atoms with Crippen molar-refractivity contribution in [2.75, 3.05) is 36.9 Å². The van der Waals surface area contributed by atoms with E-state index in [4.69, 9.17) is 5.11 Å². The molecule has 0 radical (unpaired) electrons. The maximum absolute atomic E-state index is 12.7. The number of carbonyl (C=O) groups is 2. The Labute approximate surface area is 187 Å². The highest BCUT2D eigenvalue weighted by atomic mass is 32.2. The van der Waals surface area contributed by atoms with Crippen molar-refractivity contribution in [2.24, 2.45) is 5.92 Å². The number of nitrogens with one attached hydrogen (secondary N) is 1. The van der Waals surface area contributed by atoms with Crippen LogP contribution in [0.5, 0.6) is 0 Å². The second-order valence-electron chi connectivity index (χ2n) is 7.78. The van der Waals surface area contributed by atoms with Crippen LogP contribution in [0.3, 0.4) is 0 Å². The number of aliphatic carboxylic acids is 1. The summed E-state index contributed by atoms with van der Waals surface area (Å²) in [5, 5.41) is 11.5. The van der Waals surface area contributed by atoms with E-state index < -0.39 is 28.4 Å². The maximum atomic E-state index is 12.7. The van der Waals surface area contributed by atoms with Crippen LogP contribution in [0.2, 0.25) is 0 Å². The summed E-state index contributed by atoms with van der Waals surface area (Å²) >= 11 is 0. The normalized spacial score (nSPS) is 13.7. The molecule has 0 spiro atoms. The number of sulfonamides is 1. The number of carboxylic acids is 1. The molecule has 11 heteroatoms. The van der Waals surface area contributed by atoms with Gasteiger partial charge in [-0.15, -0.1) is 0 Å². The number of hydrogen-bond donors (Lipinski definition) is 2. The van der Waals surface area contributed by atoms with Crippen LogP contribution in [0.25, 0.3) is 0 Å². The number of rotatable bonds is 11. The largest absolute Gasteiger partial charge is 0.480 e. The number of nitrogens with zero attached hydrogens (tertiary/aromatic N) is 4. The summed E-state index contributed by atoms with van der Waals surface area (Å²) in [6, 6.07) is 7.17. The molecule has 172 valence electrons. The summed E-state index contributed by atoms with van der Waals surface area (Å²) in [4.78, 5) is 34.0. The smallest absolute Gasteiger partial charge is 0.318 e. The van der Waals surface area contributed by atoms with Gasteiger partial charge < -0.3 is 15.3 Å². The first kappa shape index (κ1) is 23.6.